The topological polar surface area (TPSA) is 15.3 Å². The van der Waals surface area contributed by atoms with Gasteiger partial charge in [-0.25, -0.2) is 0 Å². The molecule has 11 aromatic rings. The third-order valence-corrected chi connectivity index (χ3v) is 12.5. The standard InChI is InChI=1S/C60H40N2/c1-3-12-40(13-4-1)42-22-29-50(30-23-42)62-51-31-27-49(28-32-51)61-58-21-10-9-20-54(58)57-39-48-37-45(25-33-52(48)55-34-24-43-16-7-8-19-53(43)60(55)57)44-17-11-18-47(36-44)56-38-46(26-35-59(56)62)41-14-5-2-6-15-41/h1-39,61H. The second-order valence-electron chi connectivity index (χ2n) is 16.2. The van der Waals surface area contributed by atoms with E-state index in [0.717, 1.165) is 45.1 Å². The molecule has 0 radical (unpaired) electrons. The molecule has 0 aliphatic carbocycles. The highest BCUT2D eigenvalue weighted by Crippen LogP contribution is 2.46. The Balaban J connectivity index is 1.13. The largest absolute Gasteiger partial charge is 0.355 e. The first-order valence-corrected chi connectivity index (χ1v) is 21.3. The molecule has 2 heterocycles. The van der Waals surface area contributed by atoms with Crippen LogP contribution in [-0.2, 0) is 0 Å². The van der Waals surface area contributed by atoms with E-state index in [2.05, 4.69) is 247 Å². The maximum absolute atomic E-state index is 3.86. The van der Waals surface area contributed by atoms with Gasteiger partial charge in [0.2, 0.25) is 0 Å². The van der Waals surface area contributed by atoms with Crippen LogP contribution in [0.4, 0.5) is 28.4 Å². The Labute approximate surface area is 361 Å². The molecule has 0 saturated heterocycles. The third kappa shape index (κ3) is 6.20. The molecule has 2 heteroatoms. The van der Waals surface area contributed by atoms with E-state index in [1.807, 2.05) is 0 Å². The highest BCUT2D eigenvalue weighted by molar-refractivity contribution is 6.24. The first kappa shape index (κ1) is 35.7. The molecular formula is C60H40N2. The first-order valence-electron chi connectivity index (χ1n) is 21.3. The second kappa shape index (κ2) is 14.8. The molecule has 0 spiro atoms. The minimum absolute atomic E-state index is 1.02. The zero-order valence-electron chi connectivity index (χ0n) is 34.0. The molecule has 13 rings (SSSR count). The van der Waals surface area contributed by atoms with E-state index in [4.69, 9.17) is 0 Å². The Kier molecular flexibility index (Phi) is 8.53. The summed E-state index contributed by atoms with van der Waals surface area (Å²) in [5.41, 5.74) is 17.1. The molecule has 2 aliphatic rings. The van der Waals surface area contributed by atoms with E-state index < -0.39 is 0 Å². The van der Waals surface area contributed by atoms with Crippen molar-refractivity contribution in [1.29, 1.82) is 0 Å². The molecule has 0 fully saturated rings. The number of anilines is 5. The minimum atomic E-state index is 1.02. The summed E-state index contributed by atoms with van der Waals surface area (Å²) in [5.74, 6) is 0. The number of rotatable bonds is 3. The fourth-order valence-electron chi connectivity index (χ4n) is 9.51. The number of benzene rings is 11. The number of fused-ring (bicyclic) bond motifs is 6. The van der Waals surface area contributed by atoms with Crippen LogP contribution in [0.5, 0.6) is 0 Å². The molecule has 2 aliphatic heterocycles. The van der Waals surface area contributed by atoms with Crippen molar-refractivity contribution in [1.82, 2.24) is 0 Å². The monoisotopic (exact) mass is 788 g/mol. The average Bonchev–Trinajstić information content (AvgIpc) is 3.35. The lowest BCUT2D eigenvalue weighted by Gasteiger charge is -2.29. The van der Waals surface area contributed by atoms with Gasteiger partial charge in [0.05, 0.1) is 5.69 Å². The summed E-state index contributed by atoms with van der Waals surface area (Å²) in [7, 11) is 0. The van der Waals surface area contributed by atoms with E-state index in [9.17, 15) is 0 Å². The van der Waals surface area contributed by atoms with Crippen LogP contribution >= 0.6 is 0 Å². The van der Waals surface area contributed by atoms with Gasteiger partial charge in [-0.1, -0.05) is 164 Å². The molecule has 0 amide bonds. The van der Waals surface area contributed by atoms with Crippen LogP contribution in [0.15, 0.2) is 237 Å². The number of nitrogens with zero attached hydrogens (tertiary/aromatic N) is 1. The summed E-state index contributed by atoms with van der Waals surface area (Å²) >= 11 is 0. The van der Waals surface area contributed by atoms with E-state index >= 15 is 0 Å². The summed E-state index contributed by atoms with van der Waals surface area (Å²) in [6.45, 7) is 0. The number of nitrogens with one attached hydrogen (secondary N) is 1. The van der Waals surface area contributed by atoms with Gasteiger partial charge in [-0.2, -0.15) is 0 Å². The van der Waals surface area contributed by atoms with Gasteiger partial charge in [-0.3, -0.25) is 0 Å². The predicted octanol–water partition coefficient (Wildman–Crippen LogP) is 17.0. The lowest BCUT2D eigenvalue weighted by atomic mass is 9.88. The van der Waals surface area contributed by atoms with Gasteiger partial charge >= 0.3 is 0 Å². The van der Waals surface area contributed by atoms with Gasteiger partial charge in [0.25, 0.3) is 0 Å². The molecule has 0 unspecified atom stereocenters. The molecule has 11 aromatic carbocycles. The third-order valence-electron chi connectivity index (χ3n) is 12.5. The van der Waals surface area contributed by atoms with E-state index in [-0.39, 0.29) is 0 Å². The SMILES string of the molecule is c1ccc(-c2ccc(N3c4ccc(cc4)Nc4ccccc4-c4cc5cc(ccc5c5ccc6ccccc6c45)-c4cccc(c4)-c4cc(-c5ccccc5)ccc43)cc2)cc1. The average molecular weight is 789 g/mol. The van der Waals surface area contributed by atoms with Crippen molar-refractivity contribution >= 4 is 60.8 Å². The minimum Gasteiger partial charge on any atom is -0.355 e. The zero-order chi connectivity index (χ0) is 41.0. The normalized spacial score (nSPS) is 12.0. The number of para-hydroxylation sites is 1. The van der Waals surface area contributed by atoms with Crippen molar-refractivity contribution in [2.75, 3.05) is 10.2 Å². The Morgan fingerprint density at radius 3 is 1.68 bits per heavy atom. The second-order valence-corrected chi connectivity index (χ2v) is 16.2. The highest BCUT2D eigenvalue weighted by Gasteiger charge is 2.21. The van der Waals surface area contributed by atoms with Crippen molar-refractivity contribution in [2.24, 2.45) is 0 Å². The van der Waals surface area contributed by atoms with Crippen molar-refractivity contribution < 1.29 is 0 Å². The maximum Gasteiger partial charge on any atom is 0.0540 e. The van der Waals surface area contributed by atoms with Crippen LogP contribution in [0.1, 0.15) is 0 Å². The maximum atomic E-state index is 3.86. The van der Waals surface area contributed by atoms with Crippen molar-refractivity contribution in [3.05, 3.63) is 237 Å². The van der Waals surface area contributed by atoms with Crippen LogP contribution in [0.2, 0.25) is 0 Å². The Hall–Kier alpha value is -8.20. The lowest BCUT2D eigenvalue weighted by Crippen LogP contribution is -2.11. The summed E-state index contributed by atoms with van der Waals surface area (Å²) in [6, 6.07) is 86.7. The van der Waals surface area contributed by atoms with Crippen molar-refractivity contribution in [2.45, 2.75) is 0 Å². The number of hydrogen-bond donors (Lipinski definition) is 1. The van der Waals surface area contributed by atoms with Gasteiger partial charge in [0.1, 0.15) is 0 Å². The highest BCUT2D eigenvalue weighted by atomic mass is 15.1. The molecule has 0 aromatic heterocycles. The summed E-state index contributed by atoms with van der Waals surface area (Å²) in [5, 5.41) is 11.3. The van der Waals surface area contributed by atoms with E-state index in [1.165, 1.54) is 71.3 Å². The molecule has 7 bridgehead atoms. The van der Waals surface area contributed by atoms with Crippen LogP contribution in [-0.4, -0.2) is 0 Å². The molecule has 1 N–H and O–H groups in total. The Morgan fingerprint density at radius 2 is 0.871 bits per heavy atom. The van der Waals surface area contributed by atoms with Gasteiger partial charge in [0, 0.05) is 33.9 Å². The predicted molar refractivity (Wildman–Crippen MR) is 264 cm³/mol. The van der Waals surface area contributed by atoms with E-state index in [0.29, 0.717) is 0 Å². The summed E-state index contributed by atoms with van der Waals surface area (Å²) in [4.78, 5) is 2.40. The van der Waals surface area contributed by atoms with Gasteiger partial charge in [0.15, 0.2) is 0 Å². The molecular weight excluding hydrogens is 749 g/mol. The first-order chi connectivity index (χ1) is 30.7. The molecule has 0 atom stereocenters. The smallest absolute Gasteiger partial charge is 0.0540 e. The fraction of sp³-hybridized carbons (Fsp3) is 0. The molecule has 290 valence electrons. The van der Waals surface area contributed by atoms with Gasteiger partial charge in [-0.05, 0) is 150 Å². The lowest BCUT2D eigenvalue weighted by molar-refractivity contribution is 1.28. The molecule has 0 saturated carbocycles. The fourth-order valence-corrected chi connectivity index (χ4v) is 9.51. The van der Waals surface area contributed by atoms with Crippen LogP contribution in [0, 0.1) is 0 Å². The summed E-state index contributed by atoms with van der Waals surface area (Å²) in [6.07, 6.45) is 0. The van der Waals surface area contributed by atoms with Crippen molar-refractivity contribution in [3.63, 3.8) is 0 Å². The van der Waals surface area contributed by atoms with E-state index in [1.54, 1.807) is 0 Å². The zero-order valence-corrected chi connectivity index (χ0v) is 34.0. The quantitative estimate of drug-likeness (QED) is 0.179. The van der Waals surface area contributed by atoms with Crippen LogP contribution in [0.25, 0.3) is 88.0 Å². The molecule has 2 nitrogen and oxygen atoms in total. The Bertz CT molecular complexity index is 3460. The Morgan fingerprint density at radius 1 is 0.290 bits per heavy atom. The van der Waals surface area contributed by atoms with Crippen molar-refractivity contribution in [3.8, 4) is 55.6 Å². The molecule has 62 heavy (non-hydrogen) atoms. The van der Waals surface area contributed by atoms with Gasteiger partial charge in [-0.15, -0.1) is 0 Å². The summed E-state index contributed by atoms with van der Waals surface area (Å²) < 4.78 is 0. The number of hydrogen-bond acceptors (Lipinski definition) is 2. The van der Waals surface area contributed by atoms with Gasteiger partial charge < -0.3 is 10.2 Å². The van der Waals surface area contributed by atoms with Crippen LogP contribution < -0.4 is 10.2 Å². The van der Waals surface area contributed by atoms with Crippen LogP contribution in [0.3, 0.4) is 0 Å².